The summed E-state index contributed by atoms with van der Waals surface area (Å²) in [6.07, 6.45) is 7.85. The molecule has 0 aromatic carbocycles. The van der Waals surface area contributed by atoms with Gasteiger partial charge in [0.05, 0.1) is 6.10 Å². The molecule has 124 valence electrons. The quantitative estimate of drug-likeness (QED) is 0.837. The monoisotopic (exact) mass is 296 g/mol. The Labute approximate surface area is 131 Å². The molecule has 3 nitrogen and oxygen atoms in total. The average Bonchev–Trinajstić information content (AvgIpc) is 2.41. The van der Waals surface area contributed by atoms with Crippen molar-refractivity contribution in [3.63, 3.8) is 0 Å². The molecule has 3 heteroatoms. The van der Waals surface area contributed by atoms with E-state index >= 15 is 0 Å². The Kier molecular flexibility index (Phi) is 5.72. The van der Waals surface area contributed by atoms with E-state index in [2.05, 4.69) is 37.9 Å². The Hall–Kier alpha value is -0.120. The Balaban J connectivity index is 1.95. The van der Waals surface area contributed by atoms with Gasteiger partial charge in [0.25, 0.3) is 0 Å². The van der Waals surface area contributed by atoms with Crippen molar-refractivity contribution in [2.24, 2.45) is 11.3 Å². The lowest BCUT2D eigenvalue weighted by atomic mass is 9.73. The number of β-amino-alcohol motifs (C(OH)–C–C–N with tert-alkyl or cyclic N) is 1. The fourth-order valence-electron chi connectivity index (χ4n) is 3.88. The van der Waals surface area contributed by atoms with Gasteiger partial charge in [-0.15, -0.1) is 0 Å². The fourth-order valence-corrected chi connectivity index (χ4v) is 3.88. The molecule has 1 aliphatic heterocycles. The summed E-state index contributed by atoms with van der Waals surface area (Å²) in [5, 5.41) is 13.9. The molecule has 2 N–H and O–H groups in total. The van der Waals surface area contributed by atoms with Gasteiger partial charge in [0.1, 0.15) is 0 Å². The highest BCUT2D eigenvalue weighted by atomic mass is 16.3. The summed E-state index contributed by atoms with van der Waals surface area (Å²) in [5.41, 5.74) is 0.617. The third-order valence-electron chi connectivity index (χ3n) is 5.47. The van der Waals surface area contributed by atoms with Crippen LogP contribution in [0.25, 0.3) is 0 Å². The van der Waals surface area contributed by atoms with Crippen molar-refractivity contribution in [1.82, 2.24) is 10.2 Å². The van der Waals surface area contributed by atoms with Crippen molar-refractivity contribution in [3.8, 4) is 0 Å². The van der Waals surface area contributed by atoms with E-state index in [1.54, 1.807) is 0 Å². The van der Waals surface area contributed by atoms with Crippen molar-refractivity contribution in [2.45, 2.75) is 77.9 Å². The van der Waals surface area contributed by atoms with Crippen LogP contribution in [0.15, 0.2) is 0 Å². The van der Waals surface area contributed by atoms with Crippen LogP contribution in [0.1, 0.15) is 66.2 Å². The van der Waals surface area contributed by atoms with Gasteiger partial charge in [-0.2, -0.15) is 0 Å². The van der Waals surface area contributed by atoms with Gasteiger partial charge >= 0.3 is 0 Å². The maximum atomic E-state index is 10.2. The minimum absolute atomic E-state index is 0.130. The molecule has 0 spiro atoms. The number of aliphatic hydroxyl groups excluding tert-OH is 1. The van der Waals surface area contributed by atoms with Gasteiger partial charge in [-0.05, 0) is 57.9 Å². The number of likely N-dealkylation sites (tertiary alicyclic amines) is 1. The minimum Gasteiger partial charge on any atom is -0.392 e. The molecule has 0 radical (unpaired) electrons. The molecule has 0 aromatic heterocycles. The zero-order valence-corrected chi connectivity index (χ0v) is 14.6. The van der Waals surface area contributed by atoms with Crippen LogP contribution in [0.2, 0.25) is 0 Å². The zero-order chi connectivity index (χ0) is 15.5. The molecule has 0 bridgehead atoms. The van der Waals surface area contributed by atoms with Gasteiger partial charge < -0.3 is 15.3 Å². The van der Waals surface area contributed by atoms with Crippen LogP contribution in [-0.2, 0) is 0 Å². The molecule has 1 heterocycles. The number of nitrogens with zero attached hydrogens (tertiary/aromatic N) is 1. The van der Waals surface area contributed by atoms with E-state index in [9.17, 15) is 5.11 Å². The number of rotatable bonds is 4. The van der Waals surface area contributed by atoms with Gasteiger partial charge in [0.2, 0.25) is 0 Å². The van der Waals surface area contributed by atoms with Gasteiger partial charge in [-0.25, -0.2) is 0 Å². The summed E-state index contributed by atoms with van der Waals surface area (Å²) in [5.74, 6) is 0.469. The number of hydrogen-bond acceptors (Lipinski definition) is 3. The van der Waals surface area contributed by atoms with Crippen LogP contribution in [0.3, 0.4) is 0 Å². The smallest absolute Gasteiger partial charge is 0.0693 e. The van der Waals surface area contributed by atoms with E-state index in [-0.39, 0.29) is 11.6 Å². The van der Waals surface area contributed by atoms with Gasteiger partial charge in [-0.3, -0.25) is 0 Å². The molecule has 1 aliphatic carbocycles. The summed E-state index contributed by atoms with van der Waals surface area (Å²) >= 11 is 0. The molecular weight excluding hydrogens is 260 g/mol. The van der Waals surface area contributed by atoms with Gasteiger partial charge in [0, 0.05) is 25.2 Å². The standard InChI is InChI=1S/C18H36N2O/c1-15-8-11-20(12-16(15)21)14-18(9-6-5-7-10-18)13-19-17(2,3)4/h15-16,19,21H,5-14H2,1-4H3. The summed E-state index contributed by atoms with van der Waals surface area (Å²) in [6, 6.07) is 0. The molecular formula is C18H36N2O. The van der Waals surface area contributed by atoms with Crippen LogP contribution >= 0.6 is 0 Å². The Morgan fingerprint density at radius 2 is 1.86 bits per heavy atom. The van der Waals surface area contributed by atoms with Gasteiger partial charge in [0.15, 0.2) is 0 Å². The Morgan fingerprint density at radius 1 is 1.19 bits per heavy atom. The van der Waals surface area contributed by atoms with Crippen LogP contribution in [0.4, 0.5) is 0 Å². The molecule has 21 heavy (non-hydrogen) atoms. The van der Waals surface area contributed by atoms with Crippen LogP contribution in [0, 0.1) is 11.3 Å². The second-order valence-corrected chi connectivity index (χ2v) is 8.73. The first-order chi connectivity index (χ1) is 9.80. The lowest BCUT2D eigenvalue weighted by Gasteiger charge is -2.45. The highest BCUT2D eigenvalue weighted by Gasteiger charge is 2.36. The lowest BCUT2D eigenvalue weighted by molar-refractivity contribution is 0.000752. The second kappa shape index (κ2) is 6.97. The first-order valence-corrected chi connectivity index (χ1v) is 8.95. The Bertz CT molecular complexity index is 318. The maximum absolute atomic E-state index is 10.2. The molecule has 2 unspecified atom stereocenters. The summed E-state index contributed by atoms with van der Waals surface area (Å²) in [6.45, 7) is 13.3. The van der Waals surface area contributed by atoms with E-state index in [1.807, 2.05) is 0 Å². The minimum atomic E-state index is -0.130. The number of aliphatic hydroxyl groups is 1. The third kappa shape index (κ3) is 5.22. The summed E-state index contributed by atoms with van der Waals surface area (Å²) < 4.78 is 0. The first kappa shape index (κ1) is 17.2. The number of nitrogens with one attached hydrogen (secondary N) is 1. The van der Waals surface area contributed by atoms with Crippen molar-refractivity contribution < 1.29 is 5.11 Å². The summed E-state index contributed by atoms with van der Waals surface area (Å²) in [7, 11) is 0. The van der Waals surface area contributed by atoms with Gasteiger partial charge in [-0.1, -0.05) is 26.2 Å². The number of hydrogen-bond donors (Lipinski definition) is 2. The molecule has 1 saturated heterocycles. The predicted molar refractivity (Wildman–Crippen MR) is 89.5 cm³/mol. The summed E-state index contributed by atoms with van der Waals surface area (Å²) in [4.78, 5) is 2.53. The zero-order valence-electron chi connectivity index (χ0n) is 14.6. The van der Waals surface area contributed by atoms with Crippen LogP contribution in [-0.4, -0.2) is 47.8 Å². The van der Waals surface area contributed by atoms with Crippen molar-refractivity contribution in [2.75, 3.05) is 26.2 Å². The van der Waals surface area contributed by atoms with Crippen LogP contribution < -0.4 is 5.32 Å². The molecule has 0 aromatic rings. The first-order valence-electron chi connectivity index (χ1n) is 8.95. The highest BCUT2D eigenvalue weighted by Crippen LogP contribution is 2.37. The molecule has 2 fully saturated rings. The predicted octanol–water partition coefficient (Wildman–Crippen LogP) is 3.03. The molecule has 2 atom stereocenters. The van der Waals surface area contributed by atoms with E-state index in [1.165, 1.54) is 38.6 Å². The third-order valence-corrected chi connectivity index (χ3v) is 5.47. The fraction of sp³-hybridized carbons (Fsp3) is 1.00. The molecule has 1 saturated carbocycles. The number of piperidine rings is 1. The van der Waals surface area contributed by atoms with Crippen molar-refractivity contribution in [1.29, 1.82) is 0 Å². The largest absolute Gasteiger partial charge is 0.392 e. The van der Waals surface area contributed by atoms with E-state index in [0.29, 0.717) is 11.3 Å². The molecule has 2 aliphatic rings. The highest BCUT2D eigenvalue weighted by molar-refractivity contribution is 4.91. The maximum Gasteiger partial charge on any atom is 0.0693 e. The topological polar surface area (TPSA) is 35.5 Å². The SMILES string of the molecule is CC1CCN(CC2(CNC(C)(C)C)CCCCC2)CC1O. The average molecular weight is 296 g/mol. The Morgan fingerprint density at radius 3 is 2.43 bits per heavy atom. The molecule has 0 amide bonds. The lowest BCUT2D eigenvalue weighted by Crippen LogP contribution is -2.52. The molecule has 2 rings (SSSR count). The van der Waals surface area contributed by atoms with E-state index in [4.69, 9.17) is 0 Å². The van der Waals surface area contributed by atoms with E-state index < -0.39 is 0 Å². The van der Waals surface area contributed by atoms with Crippen LogP contribution in [0.5, 0.6) is 0 Å². The second-order valence-electron chi connectivity index (χ2n) is 8.73. The normalized spacial score (nSPS) is 31.3. The van der Waals surface area contributed by atoms with E-state index in [0.717, 1.165) is 26.1 Å². The van der Waals surface area contributed by atoms with Crippen molar-refractivity contribution in [3.05, 3.63) is 0 Å². The van der Waals surface area contributed by atoms with Crippen molar-refractivity contribution >= 4 is 0 Å².